The molecule has 2 saturated heterocycles. The van der Waals surface area contributed by atoms with Crippen LogP contribution in [0, 0.1) is 11.8 Å². The third-order valence-electron chi connectivity index (χ3n) is 4.42. The minimum Gasteiger partial charge on any atom is -0.365 e. The number of hydrogen-bond donors (Lipinski definition) is 0. The van der Waals surface area contributed by atoms with Crippen LogP contribution in [0.4, 0.5) is 5.69 Å². The van der Waals surface area contributed by atoms with E-state index >= 15 is 0 Å². The van der Waals surface area contributed by atoms with Crippen LogP contribution >= 0.6 is 0 Å². The van der Waals surface area contributed by atoms with Crippen molar-refractivity contribution >= 4 is 23.3 Å². The van der Waals surface area contributed by atoms with Crippen molar-refractivity contribution in [1.29, 1.82) is 0 Å². The lowest BCUT2D eigenvalue weighted by molar-refractivity contribution is -0.124. The lowest BCUT2D eigenvalue weighted by atomic mass is 9.85. The Morgan fingerprint density at radius 3 is 2.29 bits per heavy atom. The summed E-state index contributed by atoms with van der Waals surface area (Å²) in [6.45, 7) is 1.46. The first-order chi connectivity index (χ1) is 10.1. The summed E-state index contributed by atoms with van der Waals surface area (Å²) in [5.74, 6) is -1.41. The van der Waals surface area contributed by atoms with E-state index in [9.17, 15) is 14.4 Å². The molecule has 2 fully saturated rings. The summed E-state index contributed by atoms with van der Waals surface area (Å²) in [5.41, 5.74) is 0.953. The van der Waals surface area contributed by atoms with Crippen LogP contribution in [0.15, 0.2) is 36.4 Å². The van der Waals surface area contributed by atoms with Gasteiger partial charge in [0.25, 0.3) is 0 Å². The molecule has 2 bridgehead atoms. The van der Waals surface area contributed by atoms with Crippen LogP contribution in [0.3, 0.4) is 0 Å². The Balaban J connectivity index is 1.74. The van der Waals surface area contributed by atoms with Gasteiger partial charge in [-0.1, -0.05) is 24.3 Å². The second kappa shape index (κ2) is 4.11. The molecule has 0 saturated carbocycles. The maximum Gasteiger partial charge on any atom is 0.240 e. The third kappa shape index (κ3) is 1.58. The van der Waals surface area contributed by atoms with E-state index in [-0.39, 0.29) is 29.8 Å². The highest BCUT2D eigenvalue weighted by atomic mass is 16.5. The van der Waals surface area contributed by atoms with Crippen LogP contribution < -0.4 is 4.90 Å². The highest BCUT2D eigenvalue weighted by molar-refractivity contribution is 6.23. The molecule has 4 atom stereocenters. The Hall–Kier alpha value is -2.27. The zero-order valence-corrected chi connectivity index (χ0v) is 11.4. The number of carbonyl (C=O) groups is 3. The van der Waals surface area contributed by atoms with Gasteiger partial charge in [-0.2, -0.15) is 0 Å². The Morgan fingerprint density at radius 2 is 1.71 bits per heavy atom. The molecule has 3 heterocycles. The molecule has 0 aromatic heterocycles. The van der Waals surface area contributed by atoms with E-state index in [2.05, 4.69) is 0 Å². The molecule has 4 rings (SSSR count). The summed E-state index contributed by atoms with van der Waals surface area (Å²) in [5, 5.41) is 0. The summed E-state index contributed by atoms with van der Waals surface area (Å²) in [6.07, 6.45) is 3.12. The summed E-state index contributed by atoms with van der Waals surface area (Å²) < 4.78 is 5.59. The predicted molar refractivity (Wildman–Crippen MR) is 73.7 cm³/mol. The van der Waals surface area contributed by atoms with Crippen molar-refractivity contribution in [2.75, 3.05) is 4.90 Å². The van der Waals surface area contributed by atoms with Crippen molar-refractivity contribution in [3.63, 3.8) is 0 Å². The molecular weight excluding hydrogens is 270 g/mol. The Bertz CT molecular complexity index is 678. The molecule has 1 aromatic carbocycles. The summed E-state index contributed by atoms with van der Waals surface area (Å²) in [4.78, 5) is 37.8. The van der Waals surface area contributed by atoms with Gasteiger partial charge in [-0.05, 0) is 19.1 Å². The van der Waals surface area contributed by atoms with E-state index in [4.69, 9.17) is 4.74 Å². The van der Waals surface area contributed by atoms with E-state index in [1.165, 1.54) is 11.8 Å². The molecule has 0 aliphatic carbocycles. The van der Waals surface area contributed by atoms with Crippen molar-refractivity contribution in [3.8, 4) is 0 Å². The minimum absolute atomic E-state index is 0.0961. The molecule has 0 N–H and O–H groups in total. The number of rotatable bonds is 2. The summed E-state index contributed by atoms with van der Waals surface area (Å²) in [6, 6.07) is 6.63. The maximum atomic E-state index is 12.6. The zero-order valence-electron chi connectivity index (χ0n) is 11.4. The van der Waals surface area contributed by atoms with Crippen LogP contribution in [0.5, 0.6) is 0 Å². The molecule has 3 aliphatic rings. The predicted octanol–water partition coefficient (Wildman–Crippen LogP) is 1.33. The number of imide groups is 1. The molecule has 5 nitrogen and oxygen atoms in total. The number of hydrogen-bond acceptors (Lipinski definition) is 4. The topological polar surface area (TPSA) is 63.7 Å². The van der Waals surface area contributed by atoms with E-state index in [0.29, 0.717) is 11.3 Å². The van der Waals surface area contributed by atoms with Gasteiger partial charge in [0.2, 0.25) is 11.8 Å². The first-order valence-electron chi connectivity index (χ1n) is 6.90. The van der Waals surface area contributed by atoms with Crippen molar-refractivity contribution in [1.82, 2.24) is 0 Å². The monoisotopic (exact) mass is 283 g/mol. The molecule has 3 aliphatic heterocycles. The molecule has 21 heavy (non-hydrogen) atoms. The quantitative estimate of drug-likeness (QED) is 0.466. The summed E-state index contributed by atoms with van der Waals surface area (Å²) >= 11 is 0. The third-order valence-corrected chi connectivity index (χ3v) is 4.42. The molecular formula is C16H13NO4. The van der Waals surface area contributed by atoms with Gasteiger partial charge in [-0.15, -0.1) is 0 Å². The van der Waals surface area contributed by atoms with E-state index in [1.807, 2.05) is 12.2 Å². The molecule has 0 radical (unpaired) electrons. The fourth-order valence-corrected chi connectivity index (χ4v) is 3.42. The van der Waals surface area contributed by atoms with Crippen LogP contribution in [-0.4, -0.2) is 29.8 Å². The lowest BCUT2D eigenvalue weighted by Crippen LogP contribution is -2.34. The number of ether oxygens (including phenoxy) is 1. The highest BCUT2D eigenvalue weighted by Crippen LogP contribution is 2.46. The zero-order chi connectivity index (χ0) is 14.7. The van der Waals surface area contributed by atoms with Gasteiger partial charge < -0.3 is 4.74 Å². The fourth-order valence-electron chi connectivity index (χ4n) is 3.42. The lowest BCUT2D eigenvalue weighted by Gasteiger charge is -2.18. The summed E-state index contributed by atoms with van der Waals surface area (Å²) in [7, 11) is 0. The van der Waals surface area contributed by atoms with E-state index in [1.54, 1.807) is 24.3 Å². The van der Waals surface area contributed by atoms with Crippen LogP contribution in [0.25, 0.3) is 0 Å². The fraction of sp³-hybridized carbons (Fsp3) is 0.312. The number of benzene rings is 1. The molecule has 2 amide bonds. The molecule has 1 aromatic rings. The molecule has 0 unspecified atom stereocenters. The van der Waals surface area contributed by atoms with Crippen molar-refractivity contribution in [3.05, 3.63) is 42.0 Å². The van der Waals surface area contributed by atoms with Crippen LogP contribution in [0.1, 0.15) is 17.3 Å². The average molecular weight is 283 g/mol. The second-order valence-electron chi connectivity index (χ2n) is 5.62. The molecule has 106 valence electrons. The van der Waals surface area contributed by atoms with Gasteiger partial charge in [0.05, 0.1) is 29.7 Å². The number of fused-ring (bicyclic) bond motifs is 5. The van der Waals surface area contributed by atoms with E-state index in [0.717, 1.165) is 0 Å². The highest BCUT2D eigenvalue weighted by Gasteiger charge is 2.60. The number of amides is 2. The van der Waals surface area contributed by atoms with Gasteiger partial charge in [0, 0.05) is 5.56 Å². The maximum absolute atomic E-state index is 12.6. The number of nitrogens with zero attached hydrogens (tertiary/aromatic N) is 1. The largest absolute Gasteiger partial charge is 0.365 e. The van der Waals surface area contributed by atoms with Gasteiger partial charge in [0.15, 0.2) is 5.78 Å². The Labute approximate surface area is 121 Å². The van der Waals surface area contributed by atoms with Gasteiger partial charge in [-0.3, -0.25) is 14.4 Å². The number of carbonyl (C=O) groups excluding carboxylic acids is 3. The number of Topliss-reactive ketones (excluding diaryl/α,β-unsaturated/α-hetero) is 1. The SMILES string of the molecule is CC(=O)c1cccc(N2C(=O)[C@@H]3[C@H](C2=O)[C@@H]2C=C[C@H]3O2)c1. The van der Waals surface area contributed by atoms with Gasteiger partial charge in [0.1, 0.15) is 0 Å². The average Bonchev–Trinajstić information content (AvgIpc) is 3.13. The number of anilines is 1. The smallest absolute Gasteiger partial charge is 0.240 e. The standard InChI is InChI=1S/C16H13NO4/c1-8(18)9-3-2-4-10(7-9)17-15(19)13-11-5-6-12(21-11)14(13)16(17)20/h2-7,11-14H,1H3/t11-,12+,13+,14-. The van der Waals surface area contributed by atoms with Crippen LogP contribution in [0.2, 0.25) is 0 Å². The van der Waals surface area contributed by atoms with Gasteiger partial charge >= 0.3 is 0 Å². The molecule has 0 spiro atoms. The van der Waals surface area contributed by atoms with Crippen molar-refractivity contribution < 1.29 is 19.1 Å². The Kier molecular flexibility index (Phi) is 2.44. The minimum atomic E-state index is -0.423. The first-order valence-corrected chi connectivity index (χ1v) is 6.90. The van der Waals surface area contributed by atoms with Gasteiger partial charge in [-0.25, -0.2) is 4.90 Å². The Morgan fingerprint density at radius 1 is 1.10 bits per heavy atom. The van der Waals surface area contributed by atoms with E-state index < -0.39 is 11.8 Å². The van der Waals surface area contributed by atoms with Crippen LogP contribution in [-0.2, 0) is 14.3 Å². The number of ketones is 1. The normalized spacial score (nSPS) is 32.9. The van der Waals surface area contributed by atoms with Crippen molar-refractivity contribution in [2.24, 2.45) is 11.8 Å². The molecule has 5 heteroatoms. The second-order valence-corrected chi connectivity index (χ2v) is 5.62. The van der Waals surface area contributed by atoms with Crippen molar-refractivity contribution in [2.45, 2.75) is 19.1 Å². The first kappa shape index (κ1) is 12.5.